The van der Waals surface area contributed by atoms with Crippen molar-refractivity contribution >= 4 is 19.8 Å². The third-order valence-corrected chi connectivity index (χ3v) is 18.1. The molecule has 0 saturated heterocycles. The second-order valence-electron chi connectivity index (χ2n) is 26.2. The lowest BCUT2D eigenvalue weighted by atomic mass is 10.0. The lowest BCUT2D eigenvalue weighted by molar-refractivity contribution is -0.161. The highest BCUT2D eigenvalue weighted by Gasteiger charge is 2.26. The summed E-state index contributed by atoms with van der Waals surface area (Å²) >= 11 is 0. The van der Waals surface area contributed by atoms with Crippen molar-refractivity contribution in [1.29, 1.82) is 0 Å². The summed E-state index contributed by atoms with van der Waals surface area (Å²) in [6.07, 6.45) is 108. The van der Waals surface area contributed by atoms with Crippen molar-refractivity contribution in [2.24, 2.45) is 5.73 Å². The van der Waals surface area contributed by atoms with E-state index in [0.29, 0.717) is 6.42 Å². The molecule has 0 radical (unpaired) electrons. The van der Waals surface area contributed by atoms with Crippen LogP contribution in [-0.2, 0) is 32.7 Å². The van der Waals surface area contributed by atoms with E-state index in [1.807, 2.05) is 0 Å². The second-order valence-corrected chi connectivity index (χ2v) is 27.7. The van der Waals surface area contributed by atoms with Gasteiger partial charge in [-0.25, -0.2) is 4.57 Å². The minimum atomic E-state index is -4.40. The summed E-state index contributed by atoms with van der Waals surface area (Å²) in [6.45, 7) is 3.66. The number of rotatable bonds is 74. The van der Waals surface area contributed by atoms with Crippen molar-refractivity contribution in [3.63, 3.8) is 0 Å². The largest absolute Gasteiger partial charge is 0.472 e. The van der Waals surface area contributed by atoms with Gasteiger partial charge >= 0.3 is 19.8 Å². The van der Waals surface area contributed by atoms with Crippen LogP contribution in [0.1, 0.15) is 373 Å². The number of allylic oxidation sites excluding steroid dienone is 18. The molecule has 0 spiro atoms. The molecule has 9 nitrogen and oxygen atoms in total. The van der Waals surface area contributed by atoms with Gasteiger partial charge in [0.15, 0.2) is 6.10 Å². The van der Waals surface area contributed by atoms with Crippen molar-refractivity contribution in [2.45, 2.75) is 380 Å². The molecule has 0 amide bonds. The fraction of sp³-hybridized carbons (Fsp3) is 0.759. The molecule has 0 aliphatic rings. The Hall–Kier alpha value is -3.33. The van der Waals surface area contributed by atoms with E-state index in [9.17, 15) is 19.0 Å². The van der Waals surface area contributed by atoms with Crippen molar-refractivity contribution in [2.75, 3.05) is 26.4 Å². The number of ether oxygens (including phenoxy) is 2. The summed E-state index contributed by atoms with van der Waals surface area (Å²) in [5, 5.41) is 0. The summed E-state index contributed by atoms with van der Waals surface area (Å²) in [5.74, 6) is -0.815. The van der Waals surface area contributed by atoms with E-state index in [2.05, 4.69) is 123 Å². The van der Waals surface area contributed by atoms with Crippen LogP contribution in [0.25, 0.3) is 0 Å². The molecule has 0 fully saturated rings. The first-order chi connectivity index (χ1) is 45.8. The Balaban J connectivity index is 3.80. The fourth-order valence-electron chi connectivity index (χ4n) is 11.4. The van der Waals surface area contributed by atoms with Crippen molar-refractivity contribution in [3.05, 3.63) is 109 Å². The molecule has 0 aliphatic carbocycles. The van der Waals surface area contributed by atoms with Crippen molar-refractivity contribution < 1.29 is 37.6 Å². The van der Waals surface area contributed by atoms with E-state index in [1.165, 1.54) is 250 Å². The normalized spacial score (nSPS) is 13.5. The molecule has 0 aromatic carbocycles. The Bertz CT molecular complexity index is 1900. The monoisotopic (exact) mass is 1320 g/mol. The van der Waals surface area contributed by atoms with E-state index in [1.54, 1.807) is 0 Å². The van der Waals surface area contributed by atoms with Crippen LogP contribution < -0.4 is 5.73 Å². The Morgan fingerprint density at radius 1 is 0.333 bits per heavy atom. The molecule has 10 heteroatoms. The van der Waals surface area contributed by atoms with E-state index in [4.69, 9.17) is 24.3 Å². The molecule has 0 aromatic heterocycles. The maximum absolute atomic E-state index is 12.8. The van der Waals surface area contributed by atoms with E-state index in [-0.39, 0.29) is 38.6 Å². The van der Waals surface area contributed by atoms with Crippen LogP contribution >= 0.6 is 7.82 Å². The number of hydrogen-bond acceptors (Lipinski definition) is 8. The van der Waals surface area contributed by atoms with E-state index in [0.717, 1.165) is 89.9 Å². The first-order valence-electron chi connectivity index (χ1n) is 39.4. The van der Waals surface area contributed by atoms with Gasteiger partial charge in [0, 0.05) is 19.4 Å². The first-order valence-corrected chi connectivity index (χ1v) is 40.9. The molecular formula is C83H148NO8P. The van der Waals surface area contributed by atoms with Gasteiger partial charge < -0.3 is 20.1 Å². The lowest BCUT2D eigenvalue weighted by Crippen LogP contribution is -2.29. The standard InChI is InChI=1S/C83H148NO8P/c1-3-5-7-9-11-13-15-17-19-21-23-25-27-29-31-33-35-37-38-39-40-41-42-44-45-47-49-51-53-55-57-59-61-63-65-67-69-71-73-75-82(85)89-79-81(80-91-93(87,88)90-78-77-84)92-83(86)76-74-72-70-68-66-64-62-60-58-56-54-52-50-48-46-43-36-34-32-30-28-26-24-22-20-18-16-14-12-10-8-6-4-2/h6,8,12,14-15,17-18,20-21,23-24,26-27,29-30,32,36,43,81H,3-5,7,9-11,13,16,19,22,25,28,31,33-35,37-42,44-80,84H2,1-2H3,(H,87,88)/b8-6-,14-12-,17-15-,20-18-,23-21-,26-24-,29-27-,32-30-,43-36-. The summed E-state index contributed by atoms with van der Waals surface area (Å²) < 4.78 is 33.3. The highest BCUT2D eigenvalue weighted by Crippen LogP contribution is 2.43. The highest BCUT2D eigenvalue weighted by molar-refractivity contribution is 7.47. The summed E-state index contributed by atoms with van der Waals surface area (Å²) in [6, 6.07) is 0. The zero-order chi connectivity index (χ0) is 67.2. The van der Waals surface area contributed by atoms with Crippen LogP contribution in [0, 0.1) is 0 Å². The maximum atomic E-state index is 12.8. The third-order valence-electron chi connectivity index (χ3n) is 17.1. The number of esters is 2. The Morgan fingerprint density at radius 3 is 0.882 bits per heavy atom. The number of carbonyl (C=O) groups is 2. The van der Waals surface area contributed by atoms with Gasteiger partial charge in [-0.15, -0.1) is 0 Å². The SMILES string of the molecule is CC/C=C\C/C=C\C/C=C\C/C=C\C/C=C\C/C=C\CCCCCCCCCCCCCCCCC(=O)OC(COC(=O)CCCCCCCCCCCCCCCCCCCCCCCCCC/C=C\C/C=C\C/C=C\CCCCCCC)COP(=O)(O)OCCN. The Labute approximate surface area is 575 Å². The quantitative estimate of drug-likeness (QED) is 0.0264. The average molecular weight is 1320 g/mol. The second kappa shape index (κ2) is 77.7. The van der Waals surface area contributed by atoms with Crippen molar-refractivity contribution in [3.8, 4) is 0 Å². The maximum Gasteiger partial charge on any atom is 0.472 e. The number of phosphoric acid groups is 1. The minimum Gasteiger partial charge on any atom is -0.462 e. The van der Waals surface area contributed by atoms with Gasteiger partial charge in [-0.1, -0.05) is 367 Å². The molecule has 93 heavy (non-hydrogen) atoms. The number of unbranched alkanes of at least 4 members (excludes halogenated alkanes) is 43. The molecule has 2 unspecified atom stereocenters. The highest BCUT2D eigenvalue weighted by atomic mass is 31.2. The first kappa shape index (κ1) is 89.7. The van der Waals surface area contributed by atoms with Crippen LogP contribution in [0.2, 0.25) is 0 Å². The Morgan fingerprint density at radius 2 is 0.591 bits per heavy atom. The van der Waals surface area contributed by atoms with Crippen molar-refractivity contribution in [1.82, 2.24) is 0 Å². The Kier molecular flexibility index (Phi) is 74.9. The predicted octanol–water partition coefficient (Wildman–Crippen LogP) is 26.4. The van der Waals surface area contributed by atoms with E-state index < -0.39 is 26.5 Å². The van der Waals surface area contributed by atoms with Gasteiger partial charge in [-0.2, -0.15) is 0 Å². The summed E-state index contributed by atoms with van der Waals surface area (Å²) in [4.78, 5) is 35.5. The third kappa shape index (κ3) is 77.6. The zero-order valence-corrected chi connectivity index (χ0v) is 61.6. The van der Waals surface area contributed by atoms with Crippen LogP contribution in [0.15, 0.2) is 109 Å². The number of hydrogen-bond donors (Lipinski definition) is 2. The minimum absolute atomic E-state index is 0.0516. The molecular weight excluding hydrogens is 1170 g/mol. The fourth-order valence-corrected chi connectivity index (χ4v) is 12.1. The molecule has 0 saturated carbocycles. The molecule has 0 bridgehead atoms. The molecule has 0 heterocycles. The zero-order valence-electron chi connectivity index (χ0n) is 60.7. The van der Waals surface area contributed by atoms with Gasteiger partial charge in [0.25, 0.3) is 0 Å². The number of nitrogens with two attached hydrogens (primary N) is 1. The predicted molar refractivity (Wildman–Crippen MR) is 404 cm³/mol. The molecule has 0 aliphatic heterocycles. The van der Waals surface area contributed by atoms with Gasteiger partial charge in [0.1, 0.15) is 6.61 Å². The van der Waals surface area contributed by atoms with E-state index >= 15 is 0 Å². The number of carbonyl (C=O) groups excluding carboxylic acids is 2. The molecule has 0 rings (SSSR count). The molecule has 0 aromatic rings. The molecule has 2 atom stereocenters. The molecule has 3 N–H and O–H groups in total. The average Bonchev–Trinajstić information content (AvgIpc) is 3.32. The topological polar surface area (TPSA) is 134 Å². The van der Waals surface area contributed by atoms with Crippen LogP contribution in [0.5, 0.6) is 0 Å². The smallest absolute Gasteiger partial charge is 0.462 e. The number of phosphoric ester groups is 1. The van der Waals surface area contributed by atoms with Crippen LogP contribution in [0.3, 0.4) is 0 Å². The van der Waals surface area contributed by atoms with Gasteiger partial charge in [0.05, 0.1) is 13.2 Å². The lowest BCUT2D eigenvalue weighted by Gasteiger charge is -2.19. The van der Waals surface area contributed by atoms with Crippen LogP contribution in [0.4, 0.5) is 0 Å². The van der Waals surface area contributed by atoms with Crippen LogP contribution in [-0.4, -0.2) is 49.3 Å². The molecule has 538 valence electrons. The summed E-state index contributed by atoms with van der Waals surface area (Å²) in [5.41, 5.74) is 5.41. The van der Waals surface area contributed by atoms with Gasteiger partial charge in [-0.3, -0.25) is 18.6 Å². The summed E-state index contributed by atoms with van der Waals surface area (Å²) in [7, 11) is -4.40. The van der Waals surface area contributed by atoms with Gasteiger partial charge in [-0.05, 0) is 103 Å². The van der Waals surface area contributed by atoms with Gasteiger partial charge in [0.2, 0.25) is 0 Å².